The molecule has 17 heavy (non-hydrogen) atoms. The van der Waals surface area contributed by atoms with Crippen LogP contribution >= 0.6 is 0 Å². The van der Waals surface area contributed by atoms with Crippen molar-refractivity contribution in [2.45, 2.75) is 24.5 Å². The quantitative estimate of drug-likeness (QED) is 0.656. The van der Waals surface area contributed by atoms with E-state index >= 15 is 0 Å². The van der Waals surface area contributed by atoms with E-state index in [-0.39, 0.29) is 4.90 Å². The Morgan fingerprint density at radius 1 is 1.18 bits per heavy atom. The first-order valence-electron chi connectivity index (χ1n) is 5.32. The molecule has 92 valence electrons. The van der Waals surface area contributed by atoms with Gasteiger partial charge in [-0.3, -0.25) is 0 Å². The van der Waals surface area contributed by atoms with Crippen molar-refractivity contribution in [1.82, 2.24) is 4.72 Å². The van der Waals surface area contributed by atoms with Gasteiger partial charge in [-0.15, -0.1) is 5.54 Å². The monoisotopic (exact) mass is 267 g/mol. The number of nitrogens with one attached hydrogen (secondary N) is 1. The van der Waals surface area contributed by atoms with E-state index in [1.54, 1.807) is 24.3 Å². The number of rotatable bonds is 2. The van der Waals surface area contributed by atoms with Crippen molar-refractivity contribution in [3.05, 3.63) is 29.8 Å². The lowest BCUT2D eigenvalue weighted by atomic mass is 10.2. The van der Waals surface area contributed by atoms with Crippen LogP contribution in [0, 0.1) is 11.5 Å². The summed E-state index contributed by atoms with van der Waals surface area (Å²) in [5.41, 5.74) is 3.73. The van der Waals surface area contributed by atoms with Gasteiger partial charge in [0.25, 0.3) is 0 Å². The molecule has 0 bridgehead atoms. The number of benzene rings is 1. The summed E-state index contributed by atoms with van der Waals surface area (Å²) in [6.45, 7) is 6.36. The van der Waals surface area contributed by atoms with E-state index < -0.39 is 18.1 Å². The molecule has 1 aromatic carbocycles. The Bertz CT molecular complexity index is 562. The van der Waals surface area contributed by atoms with Crippen molar-refractivity contribution in [2.24, 2.45) is 0 Å². The predicted octanol–water partition coefficient (Wildman–Crippen LogP) is 1.82. The Hall–Kier alpha value is -1.09. The smallest absolute Gasteiger partial charge is 0.214 e. The van der Waals surface area contributed by atoms with Crippen LogP contribution < -0.4 is 4.72 Å². The molecule has 0 saturated heterocycles. The van der Waals surface area contributed by atoms with Gasteiger partial charge in [0.15, 0.2) is 0 Å². The lowest BCUT2D eigenvalue weighted by Gasteiger charge is -2.06. The van der Waals surface area contributed by atoms with Gasteiger partial charge >= 0.3 is 0 Å². The first-order chi connectivity index (χ1) is 7.76. The molecule has 3 nitrogen and oxygen atoms in total. The lowest BCUT2D eigenvalue weighted by Crippen LogP contribution is -2.20. The van der Waals surface area contributed by atoms with Crippen molar-refractivity contribution in [2.75, 3.05) is 7.05 Å². The minimum Gasteiger partial charge on any atom is -0.214 e. The third kappa shape index (κ3) is 4.00. The minimum absolute atomic E-state index is 0.244. The molecular formula is C12H17NO2SSi. The zero-order valence-electron chi connectivity index (χ0n) is 10.5. The normalized spacial score (nSPS) is 11.8. The van der Waals surface area contributed by atoms with Gasteiger partial charge in [0.1, 0.15) is 8.07 Å². The van der Waals surface area contributed by atoms with Crippen molar-refractivity contribution < 1.29 is 8.42 Å². The maximum atomic E-state index is 11.8. The topological polar surface area (TPSA) is 46.2 Å². The van der Waals surface area contributed by atoms with E-state index in [2.05, 4.69) is 35.8 Å². The summed E-state index contributed by atoms with van der Waals surface area (Å²) in [5, 5.41) is 0. The SMILES string of the molecule is CNS(=O)(=O)c1ccccc1C#C[Si](C)(C)C. The Balaban J connectivity index is 3.31. The van der Waals surface area contributed by atoms with Gasteiger partial charge in [-0.2, -0.15) is 0 Å². The van der Waals surface area contributed by atoms with E-state index in [9.17, 15) is 8.42 Å². The first kappa shape index (κ1) is 14.0. The average Bonchev–Trinajstić information content (AvgIpc) is 2.26. The Kier molecular flexibility index (Phi) is 4.15. The van der Waals surface area contributed by atoms with Crippen LogP contribution in [0.3, 0.4) is 0 Å². The summed E-state index contributed by atoms with van der Waals surface area (Å²) < 4.78 is 25.9. The Labute approximate surface area is 104 Å². The molecule has 0 fully saturated rings. The number of hydrogen-bond donors (Lipinski definition) is 1. The molecule has 0 aliphatic rings. The molecular weight excluding hydrogens is 250 g/mol. The van der Waals surface area contributed by atoms with Crippen molar-refractivity contribution >= 4 is 18.1 Å². The lowest BCUT2D eigenvalue weighted by molar-refractivity contribution is 0.588. The van der Waals surface area contributed by atoms with Gasteiger partial charge in [-0.25, -0.2) is 13.1 Å². The molecule has 0 aliphatic heterocycles. The van der Waals surface area contributed by atoms with Gasteiger partial charge in [-0.05, 0) is 19.2 Å². The highest BCUT2D eigenvalue weighted by Crippen LogP contribution is 2.14. The highest BCUT2D eigenvalue weighted by atomic mass is 32.2. The molecule has 0 radical (unpaired) electrons. The fourth-order valence-corrected chi connectivity index (χ4v) is 2.56. The summed E-state index contributed by atoms with van der Waals surface area (Å²) in [4.78, 5) is 0.244. The van der Waals surface area contributed by atoms with E-state index in [1.807, 2.05) is 0 Å². The van der Waals surface area contributed by atoms with Crippen LogP contribution in [-0.2, 0) is 10.0 Å². The molecule has 0 aliphatic carbocycles. The van der Waals surface area contributed by atoms with Crippen molar-refractivity contribution in [1.29, 1.82) is 0 Å². The molecule has 5 heteroatoms. The fourth-order valence-electron chi connectivity index (χ4n) is 1.17. The van der Waals surface area contributed by atoms with Crippen LogP contribution in [-0.4, -0.2) is 23.5 Å². The van der Waals surface area contributed by atoms with Crippen LogP contribution in [0.5, 0.6) is 0 Å². The van der Waals surface area contributed by atoms with Crippen LogP contribution in [0.15, 0.2) is 29.2 Å². The van der Waals surface area contributed by atoms with E-state index in [0.29, 0.717) is 5.56 Å². The Morgan fingerprint density at radius 2 is 1.76 bits per heavy atom. The third-order valence-electron chi connectivity index (χ3n) is 2.02. The zero-order chi connectivity index (χ0) is 13.1. The van der Waals surface area contributed by atoms with Crippen molar-refractivity contribution in [3.8, 4) is 11.5 Å². The summed E-state index contributed by atoms with van der Waals surface area (Å²) in [6.07, 6.45) is 0. The highest BCUT2D eigenvalue weighted by molar-refractivity contribution is 7.89. The molecule has 0 aromatic heterocycles. The largest absolute Gasteiger partial charge is 0.241 e. The molecule has 0 unspecified atom stereocenters. The van der Waals surface area contributed by atoms with E-state index in [4.69, 9.17) is 0 Å². The maximum absolute atomic E-state index is 11.8. The molecule has 0 amide bonds. The maximum Gasteiger partial charge on any atom is 0.241 e. The fraction of sp³-hybridized carbons (Fsp3) is 0.333. The van der Waals surface area contributed by atoms with Crippen LogP contribution in [0.25, 0.3) is 0 Å². The predicted molar refractivity (Wildman–Crippen MR) is 72.9 cm³/mol. The minimum atomic E-state index is -3.43. The molecule has 0 heterocycles. The first-order valence-corrected chi connectivity index (χ1v) is 10.3. The van der Waals surface area contributed by atoms with Crippen LogP contribution in [0.2, 0.25) is 19.6 Å². The van der Waals surface area contributed by atoms with Gasteiger partial charge in [-0.1, -0.05) is 37.7 Å². The Morgan fingerprint density at radius 3 is 2.29 bits per heavy atom. The summed E-state index contributed by atoms with van der Waals surface area (Å²) in [6, 6.07) is 6.80. The van der Waals surface area contributed by atoms with Gasteiger partial charge in [0.05, 0.1) is 4.90 Å². The average molecular weight is 267 g/mol. The van der Waals surface area contributed by atoms with E-state index in [1.165, 1.54) is 7.05 Å². The number of hydrogen-bond acceptors (Lipinski definition) is 2. The molecule has 0 atom stereocenters. The van der Waals surface area contributed by atoms with Crippen molar-refractivity contribution in [3.63, 3.8) is 0 Å². The molecule has 0 saturated carbocycles. The van der Waals surface area contributed by atoms with Gasteiger partial charge < -0.3 is 0 Å². The number of sulfonamides is 1. The van der Waals surface area contributed by atoms with Gasteiger partial charge in [0.2, 0.25) is 10.0 Å². The van der Waals surface area contributed by atoms with Crippen LogP contribution in [0.1, 0.15) is 5.56 Å². The van der Waals surface area contributed by atoms with Gasteiger partial charge in [0, 0.05) is 5.56 Å². The second kappa shape index (κ2) is 5.04. The molecule has 0 spiro atoms. The second-order valence-electron chi connectivity index (χ2n) is 4.70. The molecule has 1 aromatic rings. The second-order valence-corrected chi connectivity index (χ2v) is 11.3. The third-order valence-corrected chi connectivity index (χ3v) is 4.36. The highest BCUT2D eigenvalue weighted by Gasteiger charge is 2.15. The van der Waals surface area contributed by atoms with E-state index in [0.717, 1.165) is 0 Å². The van der Waals surface area contributed by atoms with Crippen LogP contribution in [0.4, 0.5) is 0 Å². The summed E-state index contributed by atoms with van der Waals surface area (Å²) >= 11 is 0. The standard InChI is InChI=1S/C12H17NO2SSi/c1-13-16(14,15)12-8-6-5-7-11(12)9-10-17(2,3)4/h5-8,13H,1-4H3. The molecule has 1 rings (SSSR count). The summed E-state index contributed by atoms with van der Waals surface area (Å²) in [5.74, 6) is 2.99. The summed E-state index contributed by atoms with van der Waals surface area (Å²) in [7, 11) is -3.54. The zero-order valence-corrected chi connectivity index (χ0v) is 12.4. The molecule has 1 N–H and O–H groups in total.